The molecule has 0 aromatic carbocycles. The molecule has 0 unspecified atom stereocenters. The zero-order valence-electron chi connectivity index (χ0n) is 12.3. The van der Waals surface area contributed by atoms with E-state index in [9.17, 15) is 4.79 Å². The van der Waals surface area contributed by atoms with Crippen molar-refractivity contribution < 1.29 is 4.79 Å². The normalized spacial score (nSPS) is 17.4. The van der Waals surface area contributed by atoms with Gasteiger partial charge in [-0.15, -0.1) is 0 Å². The van der Waals surface area contributed by atoms with Crippen molar-refractivity contribution in [2.75, 3.05) is 6.54 Å². The molecule has 1 amide bonds. The van der Waals surface area contributed by atoms with Gasteiger partial charge in [-0.05, 0) is 25.2 Å². The number of rotatable bonds is 6. The van der Waals surface area contributed by atoms with Crippen LogP contribution in [0.25, 0.3) is 0 Å². The zero-order chi connectivity index (χ0) is 14.0. The van der Waals surface area contributed by atoms with E-state index in [0.29, 0.717) is 12.3 Å². The fourth-order valence-corrected chi connectivity index (χ4v) is 2.84. The molecule has 1 saturated carbocycles. The fourth-order valence-electron chi connectivity index (χ4n) is 2.84. The van der Waals surface area contributed by atoms with Crippen LogP contribution in [-0.4, -0.2) is 27.2 Å². The van der Waals surface area contributed by atoms with E-state index < -0.39 is 0 Å². The topological polar surface area (TPSA) is 59.8 Å². The SMILES string of the molecule is O=C(CCCn1cncn1)NCC1CCCCCCC1. The Labute approximate surface area is 121 Å². The molecule has 0 radical (unpaired) electrons. The number of carbonyl (C=O) groups excluding carboxylic acids is 1. The van der Waals surface area contributed by atoms with Gasteiger partial charge in [-0.2, -0.15) is 5.10 Å². The number of nitrogens with zero attached hydrogens (tertiary/aromatic N) is 3. The minimum absolute atomic E-state index is 0.173. The van der Waals surface area contributed by atoms with Crippen LogP contribution in [0.15, 0.2) is 12.7 Å². The summed E-state index contributed by atoms with van der Waals surface area (Å²) in [6.45, 7) is 1.62. The van der Waals surface area contributed by atoms with Crippen LogP contribution in [0.2, 0.25) is 0 Å². The van der Waals surface area contributed by atoms with Gasteiger partial charge in [-0.3, -0.25) is 9.48 Å². The third kappa shape index (κ3) is 5.72. The molecule has 2 rings (SSSR count). The summed E-state index contributed by atoms with van der Waals surface area (Å²) in [6, 6.07) is 0. The molecule has 0 saturated heterocycles. The van der Waals surface area contributed by atoms with Gasteiger partial charge in [-0.25, -0.2) is 4.98 Å². The van der Waals surface area contributed by atoms with Gasteiger partial charge in [0.25, 0.3) is 0 Å². The van der Waals surface area contributed by atoms with Gasteiger partial charge in [0.05, 0.1) is 0 Å². The first-order chi connectivity index (χ1) is 9.84. The number of amides is 1. The smallest absolute Gasteiger partial charge is 0.220 e. The van der Waals surface area contributed by atoms with E-state index >= 15 is 0 Å². The van der Waals surface area contributed by atoms with Gasteiger partial charge < -0.3 is 5.32 Å². The van der Waals surface area contributed by atoms with Gasteiger partial charge in [0.2, 0.25) is 5.91 Å². The van der Waals surface area contributed by atoms with Crippen molar-refractivity contribution >= 4 is 5.91 Å². The van der Waals surface area contributed by atoms with Crippen molar-refractivity contribution in [3.8, 4) is 0 Å². The van der Waals surface area contributed by atoms with Crippen molar-refractivity contribution in [3.05, 3.63) is 12.7 Å². The van der Waals surface area contributed by atoms with Crippen molar-refractivity contribution in [1.82, 2.24) is 20.1 Å². The number of carbonyl (C=O) groups is 1. The van der Waals surface area contributed by atoms with E-state index in [1.807, 2.05) is 0 Å². The standard InChI is InChI=1S/C15H26N4O/c20-15(9-6-10-19-13-16-12-18-19)17-11-14-7-4-2-1-3-5-8-14/h12-14H,1-11H2,(H,17,20). The molecule has 5 nitrogen and oxygen atoms in total. The van der Waals surface area contributed by atoms with E-state index in [2.05, 4.69) is 15.4 Å². The molecule has 0 spiro atoms. The van der Waals surface area contributed by atoms with Gasteiger partial charge in [0.1, 0.15) is 12.7 Å². The van der Waals surface area contributed by atoms with E-state index in [0.717, 1.165) is 19.5 Å². The Balaban J connectivity index is 1.56. The van der Waals surface area contributed by atoms with Crippen LogP contribution in [0, 0.1) is 5.92 Å². The van der Waals surface area contributed by atoms with Crippen LogP contribution < -0.4 is 5.32 Å². The highest BCUT2D eigenvalue weighted by Gasteiger charge is 2.12. The van der Waals surface area contributed by atoms with Gasteiger partial charge in [0.15, 0.2) is 0 Å². The predicted molar refractivity (Wildman–Crippen MR) is 78.1 cm³/mol. The quantitative estimate of drug-likeness (QED) is 0.870. The highest BCUT2D eigenvalue weighted by Crippen LogP contribution is 2.21. The lowest BCUT2D eigenvalue weighted by molar-refractivity contribution is -0.121. The Morgan fingerprint density at radius 2 is 1.95 bits per heavy atom. The predicted octanol–water partition coefficient (Wildman–Crippen LogP) is 2.54. The fraction of sp³-hybridized carbons (Fsp3) is 0.800. The molecule has 1 fully saturated rings. The van der Waals surface area contributed by atoms with Crippen molar-refractivity contribution in [1.29, 1.82) is 0 Å². The first kappa shape index (κ1) is 15.0. The molecule has 1 aromatic heterocycles. The number of nitrogens with one attached hydrogen (secondary N) is 1. The minimum Gasteiger partial charge on any atom is -0.356 e. The first-order valence-corrected chi connectivity index (χ1v) is 7.93. The van der Waals surface area contributed by atoms with Gasteiger partial charge in [-0.1, -0.05) is 32.1 Å². The van der Waals surface area contributed by atoms with Gasteiger partial charge >= 0.3 is 0 Å². The lowest BCUT2D eigenvalue weighted by atomic mass is 9.91. The second-order valence-corrected chi connectivity index (χ2v) is 5.78. The maximum Gasteiger partial charge on any atom is 0.220 e. The number of hydrogen-bond donors (Lipinski definition) is 1. The largest absolute Gasteiger partial charge is 0.356 e. The Morgan fingerprint density at radius 3 is 2.65 bits per heavy atom. The Bertz CT molecular complexity index is 369. The molecule has 1 aliphatic carbocycles. The molecule has 0 aliphatic heterocycles. The molecular weight excluding hydrogens is 252 g/mol. The Hall–Kier alpha value is -1.39. The van der Waals surface area contributed by atoms with E-state index in [1.165, 1.54) is 51.3 Å². The summed E-state index contributed by atoms with van der Waals surface area (Å²) in [5, 5.41) is 7.12. The molecule has 112 valence electrons. The summed E-state index contributed by atoms with van der Waals surface area (Å²) in [5.41, 5.74) is 0. The highest BCUT2D eigenvalue weighted by molar-refractivity contribution is 5.75. The van der Waals surface area contributed by atoms with E-state index in [1.54, 1.807) is 11.0 Å². The molecule has 1 N–H and O–H groups in total. The highest BCUT2D eigenvalue weighted by atomic mass is 16.1. The monoisotopic (exact) mass is 278 g/mol. The average Bonchev–Trinajstić information content (AvgIpc) is 2.90. The molecule has 1 aromatic rings. The number of aromatic nitrogens is 3. The molecular formula is C15H26N4O. The molecule has 1 aliphatic rings. The molecule has 0 bridgehead atoms. The summed E-state index contributed by atoms with van der Waals surface area (Å²) in [7, 11) is 0. The summed E-state index contributed by atoms with van der Waals surface area (Å²) >= 11 is 0. The third-order valence-corrected chi connectivity index (χ3v) is 4.07. The molecule has 5 heteroatoms. The van der Waals surface area contributed by atoms with Crippen molar-refractivity contribution in [3.63, 3.8) is 0 Å². The average molecular weight is 278 g/mol. The lowest BCUT2D eigenvalue weighted by Crippen LogP contribution is -2.29. The Morgan fingerprint density at radius 1 is 1.20 bits per heavy atom. The van der Waals surface area contributed by atoms with Gasteiger partial charge in [0, 0.05) is 19.5 Å². The summed E-state index contributed by atoms with van der Waals surface area (Å²) in [4.78, 5) is 15.7. The van der Waals surface area contributed by atoms with Crippen LogP contribution in [0.3, 0.4) is 0 Å². The second kappa shape index (κ2) is 8.72. The number of aryl methyl sites for hydroxylation is 1. The third-order valence-electron chi connectivity index (χ3n) is 4.07. The summed E-state index contributed by atoms with van der Waals surface area (Å²) in [6.07, 6.45) is 13.9. The second-order valence-electron chi connectivity index (χ2n) is 5.78. The Kier molecular flexibility index (Phi) is 6.54. The van der Waals surface area contributed by atoms with Crippen LogP contribution in [0.1, 0.15) is 57.8 Å². The van der Waals surface area contributed by atoms with Crippen LogP contribution in [-0.2, 0) is 11.3 Å². The van der Waals surface area contributed by atoms with Crippen LogP contribution in [0.5, 0.6) is 0 Å². The maximum absolute atomic E-state index is 11.8. The van der Waals surface area contributed by atoms with Crippen LogP contribution in [0.4, 0.5) is 0 Å². The van der Waals surface area contributed by atoms with E-state index in [-0.39, 0.29) is 5.91 Å². The van der Waals surface area contributed by atoms with Crippen molar-refractivity contribution in [2.24, 2.45) is 5.92 Å². The first-order valence-electron chi connectivity index (χ1n) is 7.93. The summed E-state index contributed by atoms with van der Waals surface area (Å²) in [5.74, 6) is 0.863. The van der Waals surface area contributed by atoms with Crippen molar-refractivity contribution in [2.45, 2.75) is 64.3 Å². The zero-order valence-corrected chi connectivity index (χ0v) is 12.3. The number of hydrogen-bond acceptors (Lipinski definition) is 3. The molecule has 20 heavy (non-hydrogen) atoms. The van der Waals surface area contributed by atoms with E-state index in [4.69, 9.17) is 0 Å². The molecule has 0 atom stereocenters. The molecule has 1 heterocycles. The van der Waals surface area contributed by atoms with Crippen LogP contribution >= 0.6 is 0 Å². The lowest BCUT2D eigenvalue weighted by Gasteiger charge is -2.20. The summed E-state index contributed by atoms with van der Waals surface area (Å²) < 4.78 is 1.77. The maximum atomic E-state index is 11.8. The minimum atomic E-state index is 0.173.